The lowest BCUT2D eigenvalue weighted by Crippen LogP contribution is -2.55. The van der Waals surface area contributed by atoms with Crippen LogP contribution in [0.2, 0.25) is 0 Å². The Bertz CT molecular complexity index is 1390. The largest absolute Gasteiger partial charge is 0.466 e. The topological polar surface area (TPSA) is 155 Å². The highest BCUT2D eigenvalue weighted by Crippen LogP contribution is 2.29. The number of benzene rings is 2. The highest BCUT2D eigenvalue weighted by Gasteiger charge is 2.41. The number of aryl methyl sites for hydroxylation is 1. The van der Waals surface area contributed by atoms with Crippen molar-refractivity contribution in [2.24, 2.45) is 12.8 Å². The van der Waals surface area contributed by atoms with Crippen LogP contribution in [0.25, 0.3) is 11.0 Å². The van der Waals surface area contributed by atoms with E-state index in [4.69, 9.17) is 20.9 Å². The zero-order valence-corrected chi connectivity index (χ0v) is 22.5. The van der Waals surface area contributed by atoms with E-state index in [9.17, 15) is 14.4 Å². The number of nitrogen functional groups attached to an aromatic ring is 1. The number of likely N-dealkylation sites (tertiary alicyclic amines) is 1. The molecular formula is C28H35N7O4. The predicted octanol–water partition coefficient (Wildman–Crippen LogP) is 2.38. The van der Waals surface area contributed by atoms with Gasteiger partial charge in [0.15, 0.2) is 0 Å². The van der Waals surface area contributed by atoms with Crippen LogP contribution in [-0.4, -0.2) is 57.8 Å². The Morgan fingerprint density at radius 2 is 1.82 bits per heavy atom. The van der Waals surface area contributed by atoms with E-state index in [2.05, 4.69) is 10.6 Å². The van der Waals surface area contributed by atoms with Gasteiger partial charge in [0, 0.05) is 31.4 Å². The predicted molar refractivity (Wildman–Crippen MR) is 148 cm³/mol. The van der Waals surface area contributed by atoms with Crippen molar-refractivity contribution in [3.63, 3.8) is 0 Å². The molecule has 2 aromatic carbocycles. The Labute approximate surface area is 227 Å². The first-order chi connectivity index (χ1) is 18.6. The van der Waals surface area contributed by atoms with Crippen molar-refractivity contribution in [1.82, 2.24) is 19.8 Å². The number of nitrogens with zero attached hydrogens (tertiary/aromatic N) is 3. The molecule has 2 heterocycles. The average Bonchev–Trinajstić information content (AvgIpc) is 3.55. The molecule has 1 fully saturated rings. The second-order valence-electron chi connectivity index (χ2n) is 9.79. The van der Waals surface area contributed by atoms with Gasteiger partial charge in [-0.25, -0.2) is 4.98 Å². The molecule has 39 heavy (non-hydrogen) atoms. The number of ether oxygens (including phenoxy) is 1. The van der Waals surface area contributed by atoms with E-state index in [1.165, 1.54) is 0 Å². The Balaban J connectivity index is 1.60. The summed E-state index contributed by atoms with van der Waals surface area (Å²) in [4.78, 5) is 44.9. The van der Waals surface area contributed by atoms with Crippen LogP contribution >= 0.6 is 0 Å². The summed E-state index contributed by atoms with van der Waals surface area (Å²) in [6.07, 6.45) is 1.35. The van der Waals surface area contributed by atoms with Gasteiger partial charge < -0.3 is 30.6 Å². The number of hydrogen-bond donors (Lipinski definition) is 4. The Morgan fingerprint density at radius 3 is 2.46 bits per heavy atom. The zero-order valence-electron chi connectivity index (χ0n) is 22.5. The summed E-state index contributed by atoms with van der Waals surface area (Å²) in [5.74, 6) is -0.648. The van der Waals surface area contributed by atoms with Crippen molar-refractivity contribution in [3.05, 3.63) is 59.4 Å². The van der Waals surface area contributed by atoms with Gasteiger partial charge in [0.25, 0.3) is 5.91 Å². The van der Waals surface area contributed by atoms with Crippen molar-refractivity contribution in [2.75, 3.05) is 25.0 Å². The van der Waals surface area contributed by atoms with Crippen LogP contribution in [-0.2, 0) is 38.3 Å². The van der Waals surface area contributed by atoms with E-state index in [1.54, 1.807) is 30.9 Å². The van der Waals surface area contributed by atoms with Crippen LogP contribution in [0.5, 0.6) is 0 Å². The Kier molecular flexibility index (Phi) is 8.18. The fourth-order valence-corrected chi connectivity index (χ4v) is 4.82. The van der Waals surface area contributed by atoms with Gasteiger partial charge in [-0.3, -0.25) is 19.8 Å². The molecule has 0 radical (unpaired) electrons. The molecule has 4 rings (SSSR count). The maximum atomic E-state index is 13.7. The number of carbonyl (C=O) groups excluding carboxylic acids is 3. The number of nitrogens with two attached hydrogens (primary N) is 1. The first kappa shape index (κ1) is 27.6. The number of anilines is 1. The number of imidazole rings is 1. The molecule has 3 aromatic rings. The van der Waals surface area contributed by atoms with E-state index in [0.717, 1.165) is 29.9 Å². The summed E-state index contributed by atoms with van der Waals surface area (Å²) in [5.41, 5.74) is 7.80. The number of rotatable bonds is 10. The van der Waals surface area contributed by atoms with E-state index in [-0.39, 0.29) is 18.3 Å². The van der Waals surface area contributed by atoms with Gasteiger partial charge in [-0.05, 0) is 68.7 Å². The molecule has 1 atom stereocenters. The van der Waals surface area contributed by atoms with E-state index < -0.39 is 23.8 Å². The summed E-state index contributed by atoms with van der Waals surface area (Å²) in [5, 5.41) is 13.7. The molecule has 1 aromatic heterocycles. The van der Waals surface area contributed by atoms with E-state index >= 15 is 0 Å². The minimum absolute atomic E-state index is 0.0139. The van der Waals surface area contributed by atoms with E-state index in [1.807, 2.05) is 41.9 Å². The lowest BCUT2D eigenvalue weighted by molar-refractivity contribution is -0.148. The van der Waals surface area contributed by atoms with Gasteiger partial charge in [-0.2, -0.15) is 0 Å². The second-order valence-corrected chi connectivity index (χ2v) is 9.79. The molecule has 0 aliphatic carbocycles. The molecule has 1 saturated heterocycles. The third-order valence-corrected chi connectivity index (χ3v) is 7.02. The smallest absolute Gasteiger partial charge is 0.315 e. The van der Waals surface area contributed by atoms with Gasteiger partial charge in [0.2, 0.25) is 5.91 Å². The number of hydrogen-bond acceptors (Lipinski definition) is 7. The van der Waals surface area contributed by atoms with Crippen LogP contribution < -0.4 is 16.4 Å². The number of aromatic nitrogens is 2. The quantitative estimate of drug-likeness (QED) is 0.135. The first-order valence-corrected chi connectivity index (χ1v) is 13.0. The Hall–Kier alpha value is -4.41. The maximum absolute atomic E-state index is 13.7. The first-order valence-electron chi connectivity index (χ1n) is 13.0. The zero-order chi connectivity index (χ0) is 28.2. The fraction of sp³-hybridized carbons (Fsp3) is 0.393. The van der Waals surface area contributed by atoms with E-state index in [0.29, 0.717) is 36.3 Å². The standard InChI is InChI=1S/C28H35N7O4/c1-4-39-25(37)16-24(36)33-28(2,27(38)35-13-5-6-14-35)19-9-12-22-21(15-19)32-23(34(22)3)17-31-20-10-7-18(8-11-20)26(29)30/h7-12,15,31H,4-6,13-14,16-17H2,1-3H3,(H3,29,30)(H,33,36). The number of amides is 2. The van der Waals surface area contributed by atoms with Crippen molar-refractivity contribution >= 4 is 40.3 Å². The lowest BCUT2D eigenvalue weighted by atomic mass is 9.89. The molecule has 0 saturated carbocycles. The van der Waals surface area contributed by atoms with Gasteiger partial charge >= 0.3 is 5.97 Å². The van der Waals surface area contributed by atoms with Gasteiger partial charge in [-0.1, -0.05) is 6.07 Å². The van der Waals surface area contributed by atoms with Gasteiger partial charge in [0.1, 0.15) is 23.6 Å². The third-order valence-electron chi connectivity index (χ3n) is 7.02. The minimum Gasteiger partial charge on any atom is -0.466 e. The highest BCUT2D eigenvalue weighted by molar-refractivity contribution is 5.99. The molecule has 0 bridgehead atoms. The molecular weight excluding hydrogens is 498 g/mol. The fourth-order valence-electron chi connectivity index (χ4n) is 4.82. The highest BCUT2D eigenvalue weighted by atomic mass is 16.5. The summed E-state index contributed by atoms with van der Waals surface area (Å²) in [6, 6.07) is 12.8. The second kappa shape index (κ2) is 11.5. The van der Waals surface area contributed by atoms with Crippen LogP contribution in [0.1, 0.15) is 50.1 Å². The monoisotopic (exact) mass is 533 g/mol. The van der Waals surface area contributed by atoms with Crippen LogP contribution in [0, 0.1) is 5.41 Å². The molecule has 1 aliphatic rings. The lowest BCUT2D eigenvalue weighted by Gasteiger charge is -2.34. The number of nitrogens with one attached hydrogen (secondary N) is 3. The van der Waals surface area contributed by atoms with Gasteiger partial charge in [-0.15, -0.1) is 0 Å². The van der Waals surface area contributed by atoms with Crippen molar-refractivity contribution in [3.8, 4) is 0 Å². The number of fused-ring (bicyclic) bond motifs is 1. The molecule has 5 N–H and O–H groups in total. The van der Waals surface area contributed by atoms with Crippen molar-refractivity contribution in [1.29, 1.82) is 5.41 Å². The number of amidine groups is 1. The van der Waals surface area contributed by atoms with Crippen LogP contribution in [0.4, 0.5) is 5.69 Å². The van der Waals surface area contributed by atoms with Crippen LogP contribution in [0.15, 0.2) is 42.5 Å². The third kappa shape index (κ3) is 6.02. The van der Waals surface area contributed by atoms with Gasteiger partial charge in [0.05, 0.1) is 24.2 Å². The number of esters is 1. The summed E-state index contributed by atoms with van der Waals surface area (Å²) in [6.45, 7) is 5.21. The molecule has 0 spiro atoms. The minimum atomic E-state index is -1.38. The van der Waals surface area contributed by atoms with Crippen molar-refractivity contribution < 1.29 is 19.1 Å². The van der Waals surface area contributed by atoms with Crippen molar-refractivity contribution in [2.45, 2.75) is 45.2 Å². The molecule has 11 nitrogen and oxygen atoms in total. The maximum Gasteiger partial charge on any atom is 0.315 e. The molecule has 206 valence electrons. The number of carbonyl (C=O) groups is 3. The summed E-state index contributed by atoms with van der Waals surface area (Å²) < 4.78 is 6.88. The Morgan fingerprint density at radius 1 is 1.13 bits per heavy atom. The normalized spacial score (nSPS) is 14.6. The summed E-state index contributed by atoms with van der Waals surface area (Å²) >= 11 is 0. The van der Waals surface area contributed by atoms with Crippen LogP contribution in [0.3, 0.4) is 0 Å². The molecule has 11 heteroatoms. The average molecular weight is 534 g/mol. The molecule has 1 unspecified atom stereocenters. The molecule has 2 amide bonds. The SMILES string of the molecule is CCOC(=O)CC(=O)NC(C)(C(=O)N1CCCC1)c1ccc2c(c1)nc(CNc1ccc(C(=N)N)cc1)n2C. The molecule has 1 aliphatic heterocycles. The summed E-state index contributed by atoms with van der Waals surface area (Å²) in [7, 11) is 1.92.